The van der Waals surface area contributed by atoms with E-state index in [1.165, 1.54) is 0 Å². The summed E-state index contributed by atoms with van der Waals surface area (Å²) in [7, 11) is 0. The Labute approximate surface area is 157 Å². The van der Waals surface area contributed by atoms with Crippen LogP contribution in [0.4, 0.5) is 11.4 Å². The first-order valence-corrected chi connectivity index (χ1v) is 8.86. The lowest BCUT2D eigenvalue weighted by atomic mass is 9.98. The van der Waals surface area contributed by atoms with Crippen LogP contribution in [-0.2, 0) is 0 Å². The molecule has 3 aromatic carbocycles. The second-order valence-electron chi connectivity index (χ2n) is 6.40. The van der Waals surface area contributed by atoms with E-state index in [9.17, 15) is 5.11 Å². The minimum Gasteiger partial charge on any atom is -0.486 e. The van der Waals surface area contributed by atoms with Gasteiger partial charge < -0.3 is 14.6 Å². The number of benzene rings is 3. The molecule has 0 aromatic heterocycles. The Hall–Kier alpha value is -3.18. The van der Waals surface area contributed by atoms with Crippen LogP contribution in [0.3, 0.4) is 0 Å². The molecular weight excluding hydrogens is 340 g/mol. The quantitative estimate of drug-likeness (QED) is 0.645. The first-order chi connectivity index (χ1) is 13.2. The standard InChI is InChI=1S/C22H20N2O3/c1-15-7-9-16(10-8-15)22(25)18-13-20-21(27-12-11-26-20)14-19(18)24-23-17-5-3-2-4-6-17/h2-10,13-14,22,25H,11-12H2,1H3/t22-/m0/s1. The van der Waals surface area contributed by atoms with E-state index in [1.807, 2.05) is 61.5 Å². The molecule has 0 bridgehead atoms. The molecule has 0 fully saturated rings. The summed E-state index contributed by atoms with van der Waals surface area (Å²) in [6.07, 6.45) is -0.842. The average Bonchev–Trinajstić information content (AvgIpc) is 2.72. The van der Waals surface area contributed by atoms with Gasteiger partial charge in [0.25, 0.3) is 0 Å². The summed E-state index contributed by atoms with van der Waals surface area (Å²) in [5.74, 6) is 1.23. The Morgan fingerprint density at radius 2 is 1.52 bits per heavy atom. The zero-order valence-corrected chi connectivity index (χ0v) is 15.0. The molecule has 5 nitrogen and oxygen atoms in total. The van der Waals surface area contributed by atoms with Gasteiger partial charge in [-0.3, -0.25) is 0 Å². The van der Waals surface area contributed by atoms with E-state index in [0.717, 1.165) is 16.8 Å². The van der Waals surface area contributed by atoms with E-state index in [0.29, 0.717) is 36.0 Å². The molecule has 3 aromatic rings. The Morgan fingerprint density at radius 1 is 0.852 bits per heavy atom. The van der Waals surface area contributed by atoms with Gasteiger partial charge in [-0.2, -0.15) is 10.2 Å². The predicted octanol–water partition coefficient (Wildman–Crippen LogP) is 5.26. The van der Waals surface area contributed by atoms with Crippen molar-refractivity contribution in [2.75, 3.05) is 13.2 Å². The predicted molar refractivity (Wildman–Crippen MR) is 103 cm³/mol. The highest BCUT2D eigenvalue weighted by Crippen LogP contribution is 2.41. The van der Waals surface area contributed by atoms with E-state index >= 15 is 0 Å². The molecule has 5 heteroatoms. The number of rotatable bonds is 4. The van der Waals surface area contributed by atoms with Crippen molar-refractivity contribution in [1.82, 2.24) is 0 Å². The van der Waals surface area contributed by atoms with Crippen LogP contribution in [0.25, 0.3) is 0 Å². The fraction of sp³-hybridized carbons (Fsp3) is 0.182. The van der Waals surface area contributed by atoms with Crippen LogP contribution in [0.2, 0.25) is 0 Å². The van der Waals surface area contributed by atoms with Crippen molar-refractivity contribution in [3.63, 3.8) is 0 Å². The van der Waals surface area contributed by atoms with Crippen LogP contribution in [0.1, 0.15) is 22.8 Å². The van der Waals surface area contributed by atoms with E-state index in [-0.39, 0.29) is 0 Å². The number of aliphatic hydroxyl groups excluding tert-OH is 1. The smallest absolute Gasteiger partial charge is 0.163 e. The molecular formula is C22H20N2O3. The maximum atomic E-state index is 11.0. The molecule has 0 aliphatic carbocycles. The van der Waals surface area contributed by atoms with E-state index < -0.39 is 6.10 Å². The summed E-state index contributed by atoms with van der Waals surface area (Å²) in [5.41, 5.74) is 3.84. The molecule has 1 heterocycles. The normalized spacial score (nSPS) is 14.3. The van der Waals surface area contributed by atoms with Gasteiger partial charge in [0, 0.05) is 11.6 Å². The zero-order chi connectivity index (χ0) is 18.6. The molecule has 0 spiro atoms. The van der Waals surface area contributed by atoms with Crippen LogP contribution in [-0.4, -0.2) is 18.3 Å². The van der Waals surface area contributed by atoms with Crippen molar-refractivity contribution in [3.8, 4) is 11.5 Å². The van der Waals surface area contributed by atoms with E-state index in [1.54, 1.807) is 12.1 Å². The number of azo groups is 1. The second kappa shape index (κ2) is 7.60. The average molecular weight is 360 g/mol. The molecule has 4 rings (SSSR count). The maximum absolute atomic E-state index is 11.0. The molecule has 27 heavy (non-hydrogen) atoms. The lowest BCUT2D eigenvalue weighted by molar-refractivity contribution is 0.170. The maximum Gasteiger partial charge on any atom is 0.163 e. The number of fused-ring (bicyclic) bond motifs is 1. The van der Waals surface area contributed by atoms with Crippen molar-refractivity contribution in [2.24, 2.45) is 10.2 Å². The van der Waals surface area contributed by atoms with Gasteiger partial charge in [0.1, 0.15) is 19.3 Å². The Kier molecular flexibility index (Phi) is 4.85. The SMILES string of the molecule is Cc1ccc([C@H](O)c2cc3c(cc2N=Nc2ccccc2)OCCO3)cc1. The Balaban J connectivity index is 1.76. The fourth-order valence-electron chi connectivity index (χ4n) is 2.93. The number of hydrogen-bond acceptors (Lipinski definition) is 5. The summed E-state index contributed by atoms with van der Waals surface area (Å²) >= 11 is 0. The summed E-state index contributed by atoms with van der Waals surface area (Å²) in [5, 5.41) is 19.6. The molecule has 0 amide bonds. The van der Waals surface area contributed by atoms with Gasteiger partial charge in [0.05, 0.1) is 11.4 Å². The first-order valence-electron chi connectivity index (χ1n) is 8.86. The Morgan fingerprint density at radius 3 is 2.22 bits per heavy atom. The molecule has 0 saturated heterocycles. The second-order valence-corrected chi connectivity index (χ2v) is 6.40. The third kappa shape index (κ3) is 3.83. The molecule has 0 unspecified atom stereocenters. The highest BCUT2D eigenvalue weighted by molar-refractivity contribution is 5.60. The molecule has 0 saturated carbocycles. The van der Waals surface area contributed by atoms with Crippen LogP contribution < -0.4 is 9.47 Å². The third-order valence-electron chi connectivity index (χ3n) is 4.41. The van der Waals surface area contributed by atoms with Crippen LogP contribution in [0.5, 0.6) is 11.5 Å². The largest absolute Gasteiger partial charge is 0.486 e. The lowest BCUT2D eigenvalue weighted by Crippen LogP contribution is -2.15. The van der Waals surface area contributed by atoms with Crippen LogP contribution in [0.15, 0.2) is 77.0 Å². The highest BCUT2D eigenvalue weighted by atomic mass is 16.6. The minimum atomic E-state index is -0.842. The number of aliphatic hydroxyl groups is 1. The molecule has 1 N–H and O–H groups in total. The molecule has 136 valence electrons. The summed E-state index contributed by atoms with van der Waals surface area (Å²) in [6, 6.07) is 20.8. The van der Waals surface area contributed by atoms with E-state index in [2.05, 4.69) is 10.2 Å². The van der Waals surface area contributed by atoms with Crippen molar-refractivity contribution in [3.05, 3.63) is 83.4 Å². The molecule has 1 aliphatic heterocycles. The summed E-state index contributed by atoms with van der Waals surface area (Å²) in [6.45, 7) is 2.99. The minimum absolute atomic E-state index is 0.484. The van der Waals surface area contributed by atoms with Crippen LogP contribution in [0, 0.1) is 6.92 Å². The van der Waals surface area contributed by atoms with Gasteiger partial charge in [0.15, 0.2) is 11.5 Å². The summed E-state index contributed by atoms with van der Waals surface area (Å²) < 4.78 is 11.3. The molecule has 0 radical (unpaired) electrons. The zero-order valence-electron chi connectivity index (χ0n) is 15.0. The first kappa shape index (κ1) is 17.2. The van der Waals surface area contributed by atoms with Crippen molar-refractivity contribution in [2.45, 2.75) is 13.0 Å². The third-order valence-corrected chi connectivity index (χ3v) is 4.41. The van der Waals surface area contributed by atoms with Gasteiger partial charge in [-0.15, -0.1) is 0 Å². The lowest BCUT2D eigenvalue weighted by Gasteiger charge is -2.21. The Bertz CT molecular complexity index is 953. The van der Waals surface area contributed by atoms with Gasteiger partial charge in [-0.05, 0) is 30.7 Å². The van der Waals surface area contributed by atoms with E-state index in [4.69, 9.17) is 9.47 Å². The van der Waals surface area contributed by atoms with Crippen molar-refractivity contribution >= 4 is 11.4 Å². The van der Waals surface area contributed by atoms with Gasteiger partial charge in [-0.25, -0.2) is 0 Å². The van der Waals surface area contributed by atoms with Crippen molar-refractivity contribution < 1.29 is 14.6 Å². The van der Waals surface area contributed by atoms with Crippen LogP contribution >= 0.6 is 0 Å². The number of aryl methyl sites for hydroxylation is 1. The van der Waals surface area contributed by atoms with Gasteiger partial charge in [0.2, 0.25) is 0 Å². The van der Waals surface area contributed by atoms with Gasteiger partial charge in [-0.1, -0.05) is 48.0 Å². The fourth-order valence-corrected chi connectivity index (χ4v) is 2.93. The monoisotopic (exact) mass is 360 g/mol. The summed E-state index contributed by atoms with van der Waals surface area (Å²) in [4.78, 5) is 0. The number of ether oxygens (including phenoxy) is 2. The molecule has 1 aliphatic rings. The number of nitrogens with zero attached hydrogens (tertiary/aromatic N) is 2. The number of hydrogen-bond donors (Lipinski definition) is 1. The molecule has 1 atom stereocenters. The van der Waals surface area contributed by atoms with Crippen molar-refractivity contribution in [1.29, 1.82) is 0 Å². The topological polar surface area (TPSA) is 63.4 Å². The highest BCUT2D eigenvalue weighted by Gasteiger charge is 2.21. The van der Waals surface area contributed by atoms with Gasteiger partial charge >= 0.3 is 0 Å².